The summed E-state index contributed by atoms with van der Waals surface area (Å²) in [5.41, 5.74) is 1.60. The summed E-state index contributed by atoms with van der Waals surface area (Å²) >= 11 is 3.49. The van der Waals surface area contributed by atoms with Crippen LogP contribution in [0, 0.1) is 0 Å². The van der Waals surface area contributed by atoms with Gasteiger partial charge < -0.3 is 0 Å². The summed E-state index contributed by atoms with van der Waals surface area (Å²) in [6.07, 6.45) is -0.252. The van der Waals surface area contributed by atoms with E-state index in [0.717, 1.165) is 38.6 Å². The van der Waals surface area contributed by atoms with E-state index < -0.39 is 5.60 Å². The molecule has 2 heterocycles. The van der Waals surface area contributed by atoms with Crippen molar-refractivity contribution in [2.45, 2.75) is 26.4 Å². The van der Waals surface area contributed by atoms with E-state index in [-0.39, 0.29) is 26.4 Å². The van der Waals surface area contributed by atoms with Crippen LogP contribution in [-0.2, 0) is 4.74 Å². The molecule has 3 aromatic rings. The number of aromatic nitrogens is 1. The fraction of sp³-hybridized carbons (Fsp3) is 0.364. The van der Waals surface area contributed by atoms with E-state index in [9.17, 15) is 9.59 Å². The fourth-order valence-corrected chi connectivity index (χ4v) is 6.29. The number of benzene rings is 2. The Morgan fingerprint density at radius 1 is 1.00 bits per heavy atom. The van der Waals surface area contributed by atoms with Crippen molar-refractivity contribution in [1.29, 1.82) is 0 Å². The van der Waals surface area contributed by atoms with Crippen LogP contribution in [-0.4, -0.2) is 61.1 Å². The minimum atomic E-state index is -0.478. The number of hydrogen-bond donors (Lipinski definition) is 0. The van der Waals surface area contributed by atoms with Crippen molar-refractivity contribution < 1.29 is 9.53 Å². The number of anilines is 1. The van der Waals surface area contributed by atoms with Crippen molar-refractivity contribution in [1.82, 2.24) is 8.46 Å². The van der Waals surface area contributed by atoms with Gasteiger partial charge in [0.05, 0.1) is 0 Å². The molecule has 0 N–H and O–H groups in total. The van der Waals surface area contributed by atoms with Gasteiger partial charge in [-0.25, -0.2) is 0 Å². The molecular formula is C22H24BrN3O3Se. The maximum atomic E-state index is 12.8. The van der Waals surface area contributed by atoms with Gasteiger partial charge in [-0.3, -0.25) is 0 Å². The molecule has 1 aliphatic heterocycles. The average Bonchev–Trinajstić information content (AvgIpc) is 3.05. The molecule has 1 aromatic heterocycles. The SMILES string of the molecule is CC(C)(C)OC(=O)N1CCN(c2ccc(-n3[se]c4c(Br)cccc4c3=O)cc2)CC1. The van der Waals surface area contributed by atoms with Crippen LogP contribution in [0.2, 0.25) is 0 Å². The molecule has 4 rings (SSSR count). The molecule has 0 aliphatic carbocycles. The number of carbonyl (C=O) groups excluding carboxylic acids is 1. The number of rotatable bonds is 2. The van der Waals surface area contributed by atoms with Gasteiger partial charge in [-0.1, -0.05) is 0 Å². The van der Waals surface area contributed by atoms with Crippen LogP contribution in [0.5, 0.6) is 0 Å². The van der Waals surface area contributed by atoms with E-state index >= 15 is 0 Å². The van der Waals surface area contributed by atoms with Crippen molar-refractivity contribution in [3.05, 3.63) is 57.3 Å². The van der Waals surface area contributed by atoms with Gasteiger partial charge in [0.2, 0.25) is 0 Å². The summed E-state index contributed by atoms with van der Waals surface area (Å²) in [5, 5.41) is 0.784. The van der Waals surface area contributed by atoms with Gasteiger partial charge in [-0.15, -0.1) is 0 Å². The molecule has 1 saturated heterocycles. The predicted molar refractivity (Wildman–Crippen MR) is 124 cm³/mol. The zero-order chi connectivity index (χ0) is 21.5. The number of nitrogens with zero attached hydrogens (tertiary/aromatic N) is 3. The van der Waals surface area contributed by atoms with Gasteiger partial charge >= 0.3 is 170 Å². The van der Waals surface area contributed by atoms with Crippen molar-refractivity contribution >= 4 is 52.1 Å². The summed E-state index contributed by atoms with van der Waals surface area (Å²) in [4.78, 5) is 29.1. The molecule has 158 valence electrons. The van der Waals surface area contributed by atoms with Crippen molar-refractivity contribution in [3.8, 4) is 5.69 Å². The first-order valence-corrected chi connectivity index (χ1v) is 12.3. The first kappa shape index (κ1) is 21.2. The molecule has 0 saturated carbocycles. The summed E-state index contributed by atoms with van der Waals surface area (Å²) in [5.74, 6) is 0. The quantitative estimate of drug-likeness (QED) is 0.466. The summed E-state index contributed by atoms with van der Waals surface area (Å²) in [7, 11) is 0. The summed E-state index contributed by atoms with van der Waals surface area (Å²) in [6.45, 7) is 8.42. The molecule has 6 nitrogen and oxygen atoms in total. The van der Waals surface area contributed by atoms with Gasteiger partial charge in [0.1, 0.15) is 0 Å². The molecule has 1 amide bonds. The summed E-state index contributed by atoms with van der Waals surface area (Å²) in [6, 6.07) is 13.9. The number of ether oxygens (including phenoxy) is 1. The number of hydrogen-bond acceptors (Lipinski definition) is 4. The molecule has 0 unspecified atom stereocenters. The monoisotopic (exact) mass is 537 g/mol. The van der Waals surface area contributed by atoms with Gasteiger partial charge in [0, 0.05) is 0 Å². The third-order valence-electron chi connectivity index (χ3n) is 4.95. The van der Waals surface area contributed by atoms with Gasteiger partial charge in [-0.2, -0.15) is 0 Å². The Balaban J connectivity index is 1.46. The first-order chi connectivity index (χ1) is 14.2. The Morgan fingerprint density at radius 3 is 2.23 bits per heavy atom. The number of carbonyl (C=O) groups is 1. The number of amides is 1. The molecule has 30 heavy (non-hydrogen) atoms. The Hall–Kier alpha value is -2.02. The van der Waals surface area contributed by atoms with Crippen LogP contribution in [0.25, 0.3) is 15.3 Å². The van der Waals surface area contributed by atoms with Gasteiger partial charge in [0.25, 0.3) is 0 Å². The van der Waals surface area contributed by atoms with Crippen LogP contribution < -0.4 is 10.5 Å². The van der Waals surface area contributed by atoms with E-state index in [1.54, 1.807) is 4.90 Å². The van der Waals surface area contributed by atoms with Crippen LogP contribution in [0.15, 0.2) is 51.7 Å². The van der Waals surface area contributed by atoms with Crippen LogP contribution in [0.4, 0.5) is 10.5 Å². The Morgan fingerprint density at radius 2 is 1.63 bits per heavy atom. The second-order valence-corrected chi connectivity index (χ2v) is 11.1. The molecule has 0 spiro atoms. The second kappa shape index (κ2) is 8.25. The number of halogens is 1. The summed E-state index contributed by atoms with van der Waals surface area (Å²) < 4.78 is 9.42. The van der Waals surface area contributed by atoms with Crippen molar-refractivity contribution in [2.24, 2.45) is 0 Å². The number of fused-ring (bicyclic) bond motifs is 1. The Kier molecular flexibility index (Phi) is 5.84. The van der Waals surface area contributed by atoms with Crippen LogP contribution >= 0.6 is 15.9 Å². The van der Waals surface area contributed by atoms with Gasteiger partial charge in [0.15, 0.2) is 0 Å². The standard InChI is InChI=1S/C22H24BrN3O3Se/c1-22(2,3)29-21(28)25-13-11-24(12-14-25)15-7-9-16(10-8-15)26-20(27)17-5-4-6-18(23)19(17)30-26/h4-10H,11-14H2,1-3H3. The molecule has 8 heteroatoms. The fourth-order valence-electron chi connectivity index (χ4n) is 3.45. The van der Waals surface area contributed by atoms with Crippen molar-refractivity contribution in [3.63, 3.8) is 0 Å². The zero-order valence-electron chi connectivity index (χ0n) is 17.2. The van der Waals surface area contributed by atoms with Crippen LogP contribution in [0.3, 0.4) is 0 Å². The topological polar surface area (TPSA) is 54.8 Å². The minimum absolute atomic E-state index is 0.0602. The number of piperazine rings is 1. The molecule has 2 aromatic carbocycles. The normalized spacial score (nSPS) is 14.9. The average molecular weight is 537 g/mol. The van der Waals surface area contributed by atoms with Gasteiger partial charge in [-0.05, 0) is 20.8 Å². The predicted octanol–water partition coefficient (Wildman–Crippen LogP) is 3.87. The molecule has 0 atom stereocenters. The zero-order valence-corrected chi connectivity index (χ0v) is 20.5. The second-order valence-electron chi connectivity index (χ2n) is 8.28. The first-order valence-electron chi connectivity index (χ1n) is 9.87. The van der Waals surface area contributed by atoms with E-state index in [1.807, 2.05) is 54.7 Å². The molecule has 1 aliphatic rings. The van der Waals surface area contributed by atoms with E-state index in [2.05, 4.69) is 33.0 Å². The third-order valence-corrected chi connectivity index (χ3v) is 8.68. The third kappa shape index (κ3) is 4.36. The van der Waals surface area contributed by atoms with E-state index in [1.165, 1.54) is 0 Å². The van der Waals surface area contributed by atoms with E-state index in [4.69, 9.17) is 4.74 Å². The van der Waals surface area contributed by atoms with E-state index in [0.29, 0.717) is 13.1 Å². The maximum absolute atomic E-state index is 12.8. The van der Waals surface area contributed by atoms with Crippen molar-refractivity contribution in [2.75, 3.05) is 31.1 Å². The Bertz CT molecular complexity index is 1120. The molecule has 1 fully saturated rings. The molecule has 0 radical (unpaired) electrons. The molecular weight excluding hydrogens is 513 g/mol. The Labute approximate surface area is 190 Å². The van der Waals surface area contributed by atoms with Crippen LogP contribution in [0.1, 0.15) is 20.8 Å². The molecule has 0 bridgehead atoms.